The highest BCUT2D eigenvalue weighted by Crippen LogP contribution is 2.63. The highest BCUT2D eigenvalue weighted by molar-refractivity contribution is 7.99. The minimum Gasteiger partial charge on any atom is -0.380 e. The molecular formula is C17H23F2NS. The molecule has 0 amide bonds. The van der Waals surface area contributed by atoms with E-state index in [1.54, 1.807) is 6.07 Å². The molecule has 3 rings (SSSR count). The fourth-order valence-electron chi connectivity index (χ4n) is 4.60. The number of fused-ring (bicyclic) bond motifs is 2. The Balaban J connectivity index is 1.87. The van der Waals surface area contributed by atoms with Crippen LogP contribution in [0.4, 0.5) is 14.5 Å². The maximum Gasteiger partial charge on any atom is 0.288 e. The van der Waals surface area contributed by atoms with E-state index in [2.05, 4.69) is 26.1 Å². The first kappa shape index (κ1) is 15.1. The third-order valence-corrected chi connectivity index (χ3v) is 6.46. The number of nitrogens with one attached hydrogen (secondary N) is 1. The Morgan fingerprint density at radius 3 is 2.57 bits per heavy atom. The highest BCUT2D eigenvalue weighted by Gasteiger charge is 2.59. The third kappa shape index (κ3) is 2.56. The molecule has 4 heteroatoms. The maximum atomic E-state index is 12.7. The SMILES string of the molecule is CC12CCC(C1)C(C)(C)C2Nc1ccccc1SC(F)F. The molecule has 0 aliphatic heterocycles. The molecule has 2 fully saturated rings. The first-order chi connectivity index (χ1) is 9.83. The molecule has 1 aromatic carbocycles. The van der Waals surface area contributed by atoms with Crippen molar-refractivity contribution in [3.05, 3.63) is 24.3 Å². The predicted molar refractivity (Wildman–Crippen MR) is 84.9 cm³/mol. The van der Waals surface area contributed by atoms with Gasteiger partial charge in [-0.3, -0.25) is 0 Å². The van der Waals surface area contributed by atoms with E-state index in [0.717, 1.165) is 11.6 Å². The molecule has 0 spiro atoms. The van der Waals surface area contributed by atoms with E-state index in [9.17, 15) is 8.78 Å². The van der Waals surface area contributed by atoms with Crippen molar-refractivity contribution in [2.75, 3.05) is 5.32 Å². The Morgan fingerprint density at radius 1 is 1.24 bits per heavy atom. The average Bonchev–Trinajstić information content (AvgIpc) is 2.87. The summed E-state index contributed by atoms with van der Waals surface area (Å²) in [5.74, 6) is -1.63. The first-order valence-electron chi connectivity index (χ1n) is 7.63. The van der Waals surface area contributed by atoms with Crippen LogP contribution in [0.2, 0.25) is 0 Å². The van der Waals surface area contributed by atoms with Crippen molar-refractivity contribution in [1.82, 2.24) is 0 Å². The minimum absolute atomic E-state index is 0.218. The van der Waals surface area contributed by atoms with Gasteiger partial charge in [0.2, 0.25) is 0 Å². The number of para-hydroxylation sites is 1. The Bertz CT molecular complexity index is 527. The third-order valence-electron chi connectivity index (χ3n) is 5.67. The van der Waals surface area contributed by atoms with Crippen LogP contribution in [-0.4, -0.2) is 11.8 Å². The maximum absolute atomic E-state index is 12.7. The second-order valence-corrected chi connectivity index (χ2v) is 8.40. The van der Waals surface area contributed by atoms with Crippen molar-refractivity contribution in [2.24, 2.45) is 16.7 Å². The summed E-state index contributed by atoms with van der Waals surface area (Å²) in [6, 6.07) is 7.80. The molecule has 1 N–H and O–H groups in total. The molecular weight excluding hydrogens is 288 g/mol. The number of thioether (sulfide) groups is 1. The Hall–Kier alpha value is -0.770. The van der Waals surface area contributed by atoms with Crippen LogP contribution in [0.25, 0.3) is 0 Å². The van der Waals surface area contributed by atoms with Crippen LogP contribution in [0.1, 0.15) is 40.0 Å². The Labute approximate surface area is 129 Å². The lowest BCUT2D eigenvalue weighted by Gasteiger charge is -2.44. The molecule has 2 bridgehead atoms. The van der Waals surface area contributed by atoms with Gasteiger partial charge in [-0.05, 0) is 48.1 Å². The monoisotopic (exact) mass is 311 g/mol. The van der Waals surface area contributed by atoms with Crippen molar-refractivity contribution in [2.45, 2.75) is 56.7 Å². The summed E-state index contributed by atoms with van der Waals surface area (Å²) in [4.78, 5) is 0.648. The number of benzene rings is 1. The Kier molecular flexibility index (Phi) is 3.71. The van der Waals surface area contributed by atoms with E-state index < -0.39 is 5.76 Å². The second-order valence-electron chi connectivity index (χ2n) is 7.37. The van der Waals surface area contributed by atoms with Gasteiger partial charge in [-0.15, -0.1) is 0 Å². The first-order valence-corrected chi connectivity index (χ1v) is 8.51. The number of hydrogen-bond acceptors (Lipinski definition) is 2. The van der Waals surface area contributed by atoms with E-state index in [1.807, 2.05) is 18.2 Å². The molecule has 0 radical (unpaired) electrons. The van der Waals surface area contributed by atoms with Crippen LogP contribution in [-0.2, 0) is 0 Å². The zero-order valence-corrected chi connectivity index (χ0v) is 13.6. The summed E-state index contributed by atoms with van der Waals surface area (Å²) in [6.45, 7) is 6.99. The molecule has 21 heavy (non-hydrogen) atoms. The van der Waals surface area contributed by atoms with Crippen molar-refractivity contribution >= 4 is 17.4 Å². The van der Waals surface area contributed by atoms with Crippen molar-refractivity contribution < 1.29 is 8.78 Å². The number of alkyl halides is 2. The van der Waals surface area contributed by atoms with E-state index in [0.29, 0.717) is 22.7 Å². The predicted octanol–water partition coefficient (Wildman–Crippen LogP) is 5.63. The fourth-order valence-corrected chi connectivity index (χ4v) is 5.21. The number of hydrogen-bond donors (Lipinski definition) is 1. The number of rotatable bonds is 4. The average molecular weight is 311 g/mol. The van der Waals surface area contributed by atoms with E-state index >= 15 is 0 Å². The zero-order valence-electron chi connectivity index (χ0n) is 12.8. The van der Waals surface area contributed by atoms with Gasteiger partial charge >= 0.3 is 0 Å². The summed E-state index contributed by atoms with van der Waals surface area (Å²) in [7, 11) is 0. The van der Waals surface area contributed by atoms with E-state index in [1.165, 1.54) is 19.3 Å². The van der Waals surface area contributed by atoms with Crippen LogP contribution >= 0.6 is 11.8 Å². The normalized spacial score (nSPS) is 33.6. The van der Waals surface area contributed by atoms with Crippen LogP contribution < -0.4 is 5.32 Å². The molecule has 2 aliphatic rings. The second kappa shape index (κ2) is 5.15. The summed E-state index contributed by atoms with van der Waals surface area (Å²) < 4.78 is 25.5. The van der Waals surface area contributed by atoms with Gasteiger partial charge in [-0.25, -0.2) is 0 Å². The molecule has 1 aromatic rings. The van der Waals surface area contributed by atoms with Crippen molar-refractivity contribution in [3.8, 4) is 0 Å². The van der Waals surface area contributed by atoms with Gasteiger partial charge in [0.05, 0.1) is 0 Å². The fraction of sp³-hybridized carbons (Fsp3) is 0.647. The molecule has 3 unspecified atom stereocenters. The largest absolute Gasteiger partial charge is 0.380 e. The van der Waals surface area contributed by atoms with Gasteiger partial charge in [0.15, 0.2) is 0 Å². The summed E-state index contributed by atoms with van der Waals surface area (Å²) >= 11 is 0.632. The van der Waals surface area contributed by atoms with Gasteiger partial charge in [0.1, 0.15) is 0 Å². The molecule has 2 aliphatic carbocycles. The molecule has 0 heterocycles. The van der Waals surface area contributed by atoms with Crippen LogP contribution in [0.15, 0.2) is 29.2 Å². The zero-order chi connectivity index (χ0) is 15.3. The lowest BCUT2D eigenvalue weighted by molar-refractivity contribution is 0.155. The number of anilines is 1. The topological polar surface area (TPSA) is 12.0 Å². The molecule has 0 saturated heterocycles. The van der Waals surface area contributed by atoms with Gasteiger partial charge in [0.25, 0.3) is 5.76 Å². The lowest BCUT2D eigenvalue weighted by atomic mass is 9.68. The summed E-state index contributed by atoms with van der Waals surface area (Å²) in [5, 5.41) is 3.62. The standard InChI is InChI=1S/C17H23F2NS/c1-16(2)11-8-9-17(3,10-11)14(16)20-12-6-4-5-7-13(12)21-15(18)19/h4-7,11,14-15,20H,8-10H2,1-3H3. The molecule has 116 valence electrons. The van der Waals surface area contributed by atoms with Gasteiger partial charge in [-0.2, -0.15) is 8.78 Å². The van der Waals surface area contributed by atoms with E-state index in [-0.39, 0.29) is 10.8 Å². The van der Waals surface area contributed by atoms with Gasteiger partial charge < -0.3 is 5.32 Å². The lowest BCUT2D eigenvalue weighted by Crippen LogP contribution is -2.45. The van der Waals surface area contributed by atoms with Crippen molar-refractivity contribution in [1.29, 1.82) is 0 Å². The summed E-state index contributed by atoms with van der Waals surface area (Å²) in [6.07, 6.45) is 3.79. The minimum atomic E-state index is -2.38. The number of halogens is 2. The van der Waals surface area contributed by atoms with Crippen molar-refractivity contribution in [3.63, 3.8) is 0 Å². The molecule has 3 atom stereocenters. The molecule has 0 aromatic heterocycles. The smallest absolute Gasteiger partial charge is 0.288 e. The highest BCUT2D eigenvalue weighted by atomic mass is 32.2. The van der Waals surface area contributed by atoms with Gasteiger partial charge in [-0.1, -0.05) is 44.7 Å². The van der Waals surface area contributed by atoms with Crippen LogP contribution in [0.5, 0.6) is 0 Å². The van der Waals surface area contributed by atoms with E-state index in [4.69, 9.17) is 0 Å². The summed E-state index contributed by atoms with van der Waals surface area (Å²) in [5.41, 5.74) is 1.36. The van der Waals surface area contributed by atoms with Gasteiger partial charge in [0, 0.05) is 16.6 Å². The van der Waals surface area contributed by atoms with Crippen LogP contribution in [0.3, 0.4) is 0 Å². The quantitative estimate of drug-likeness (QED) is 0.723. The molecule has 1 nitrogen and oxygen atoms in total. The molecule has 2 saturated carbocycles. The Morgan fingerprint density at radius 2 is 1.95 bits per heavy atom. The van der Waals surface area contributed by atoms with Crippen LogP contribution in [0, 0.1) is 16.7 Å².